The largest absolute Gasteiger partial charge is 0.480 e. The van der Waals surface area contributed by atoms with E-state index in [9.17, 15) is 9.59 Å². The van der Waals surface area contributed by atoms with E-state index in [1.165, 1.54) is 0 Å². The fraction of sp³-hybridized carbons (Fsp3) is 0.200. The standard InChI is InChI=1S/C10H10BNO3/c11-10(15)12-8(9(13)14)6-7-4-2-1-3-5-7/h1-5,8H,6H2,(H,12,15)(H,13,14). The van der Waals surface area contributed by atoms with Gasteiger partial charge in [-0.2, -0.15) is 0 Å². The van der Waals surface area contributed by atoms with Gasteiger partial charge in [0.05, 0.1) is 0 Å². The molecule has 1 aromatic carbocycles. The summed E-state index contributed by atoms with van der Waals surface area (Å²) in [6, 6.07) is 8.04. The first kappa shape index (κ1) is 11.3. The van der Waals surface area contributed by atoms with Gasteiger partial charge in [-0.25, -0.2) is 4.79 Å². The molecule has 15 heavy (non-hydrogen) atoms. The number of aliphatic carboxylic acids is 1. The zero-order chi connectivity index (χ0) is 11.3. The summed E-state index contributed by atoms with van der Waals surface area (Å²) >= 11 is 0. The molecule has 0 saturated heterocycles. The summed E-state index contributed by atoms with van der Waals surface area (Å²) < 4.78 is 0. The molecular formula is C10H10BNO3. The number of amides is 1. The van der Waals surface area contributed by atoms with E-state index in [0.717, 1.165) is 5.56 Å². The van der Waals surface area contributed by atoms with Crippen LogP contribution in [-0.2, 0) is 11.2 Å². The highest BCUT2D eigenvalue weighted by molar-refractivity contribution is 6.57. The lowest BCUT2D eigenvalue weighted by molar-refractivity contribution is -0.139. The number of carboxylic acid groups (broad SMARTS) is 1. The molecule has 0 heterocycles. The molecule has 0 aromatic heterocycles. The predicted molar refractivity (Wildman–Crippen MR) is 55.9 cm³/mol. The quantitative estimate of drug-likeness (QED) is 0.702. The first-order valence-corrected chi connectivity index (χ1v) is 4.42. The molecular weight excluding hydrogens is 193 g/mol. The second kappa shape index (κ2) is 5.19. The Morgan fingerprint density at radius 2 is 1.93 bits per heavy atom. The Morgan fingerprint density at radius 1 is 1.33 bits per heavy atom. The molecule has 2 N–H and O–H groups in total. The van der Waals surface area contributed by atoms with Crippen molar-refractivity contribution in [1.29, 1.82) is 0 Å². The van der Waals surface area contributed by atoms with Crippen molar-refractivity contribution in [2.75, 3.05) is 0 Å². The highest BCUT2D eigenvalue weighted by Crippen LogP contribution is 2.03. The molecule has 5 heteroatoms. The van der Waals surface area contributed by atoms with Crippen LogP contribution in [0.5, 0.6) is 0 Å². The fourth-order valence-electron chi connectivity index (χ4n) is 1.22. The second-order valence-electron chi connectivity index (χ2n) is 3.09. The molecule has 0 fully saturated rings. The lowest BCUT2D eigenvalue weighted by Crippen LogP contribution is -2.41. The number of hydrogen-bond donors (Lipinski definition) is 2. The molecule has 2 radical (unpaired) electrons. The lowest BCUT2D eigenvalue weighted by Gasteiger charge is -2.13. The van der Waals surface area contributed by atoms with Crippen LogP contribution in [0.1, 0.15) is 5.56 Å². The van der Waals surface area contributed by atoms with Crippen molar-refractivity contribution in [3.05, 3.63) is 35.9 Å². The summed E-state index contributed by atoms with van der Waals surface area (Å²) in [5, 5.41) is 11.0. The van der Waals surface area contributed by atoms with Crippen LogP contribution in [0.4, 0.5) is 4.79 Å². The van der Waals surface area contributed by atoms with E-state index in [1.54, 1.807) is 24.3 Å². The van der Waals surface area contributed by atoms with Crippen LogP contribution in [0.2, 0.25) is 0 Å². The number of hydrogen-bond acceptors (Lipinski definition) is 2. The van der Waals surface area contributed by atoms with Gasteiger partial charge in [-0.3, -0.25) is 4.79 Å². The zero-order valence-electron chi connectivity index (χ0n) is 8.01. The monoisotopic (exact) mass is 203 g/mol. The Bertz CT molecular complexity index is 353. The van der Waals surface area contributed by atoms with Gasteiger partial charge in [-0.15, -0.1) is 0 Å². The van der Waals surface area contributed by atoms with E-state index in [2.05, 4.69) is 5.32 Å². The van der Waals surface area contributed by atoms with Gasteiger partial charge >= 0.3 is 5.97 Å². The zero-order valence-corrected chi connectivity index (χ0v) is 8.01. The van der Waals surface area contributed by atoms with Crippen LogP contribution in [0.25, 0.3) is 0 Å². The maximum Gasteiger partial charge on any atom is 0.326 e. The molecule has 4 nitrogen and oxygen atoms in total. The van der Waals surface area contributed by atoms with Gasteiger partial charge in [0.1, 0.15) is 6.04 Å². The number of nitrogens with one attached hydrogen (secondary N) is 1. The van der Waals surface area contributed by atoms with E-state index in [1.807, 2.05) is 6.07 Å². The van der Waals surface area contributed by atoms with Crippen molar-refractivity contribution in [3.63, 3.8) is 0 Å². The third kappa shape index (κ3) is 3.85. The minimum absolute atomic E-state index is 0.221. The first-order chi connectivity index (χ1) is 7.09. The molecule has 0 aliphatic heterocycles. The van der Waals surface area contributed by atoms with Crippen LogP contribution in [0.3, 0.4) is 0 Å². The average Bonchev–Trinajstić information content (AvgIpc) is 2.17. The molecule has 0 aliphatic rings. The molecule has 1 aromatic rings. The summed E-state index contributed by atoms with van der Waals surface area (Å²) in [6.45, 7) is 0. The Kier molecular flexibility index (Phi) is 3.91. The molecule has 1 unspecified atom stereocenters. The average molecular weight is 203 g/mol. The van der Waals surface area contributed by atoms with Crippen LogP contribution in [-0.4, -0.2) is 30.8 Å². The molecule has 0 bridgehead atoms. The van der Waals surface area contributed by atoms with Gasteiger partial charge in [0.25, 0.3) is 0 Å². The van der Waals surface area contributed by atoms with E-state index in [-0.39, 0.29) is 6.42 Å². The van der Waals surface area contributed by atoms with Gasteiger partial charge in [-0.05, 0) is 5.56 Å². The third-order valence-corrected chi connectivity index (χ3v) is 1.90. The van der Waals surface area contributed by atoms with Crippen molar-refractivity contribution in [2.45, 2.75) is 12.5 Å². The summed E-state index contributed by atoms with van der Waals surface area (Å²) in [6.07, 6.45) is 0.221. The van der Waals surface area contributed by atoms with Crippen molar-refractivity contribution >= 4 is 19.6 Å². The molecule has 1 rings (SSSR count). The Morgan fingerprint density at radius 3 is 2.40 bits per heavy atom. The van der Waals surface area contributed by atoms with Crippen LogP contribution in [0.15, 0.2) is 30.3 Å². The molecule has 0 spiro atoms. The minimum Gasteiger partial charge on any atom is -0.480 e. The molecule has 76 valence electrons. The van der Waals surface area contributed by atoms with E-state index in [0.29, 0.717) is 0 Å². The van der Waals surface area contributed by atoms with E-state index < -0.39 is 17.8 Å². The smallest absolute Gasteiger partial charge is 0.326 e. The third-order valence-electron chi connectivity index (χ3n) is 1.90. The van der Waals surface area contributed by atoms with Crippen LogP contribution < -0.4 is 5.32 Å². The van der Waals surface area contributed by atoms with Crippen molar-refractivity contribution < 1.29 is 14.7 Å². The van der Waals surface area contributed by atoms with Crippen molar-refractivity contribution in [2.24, 2.45) is 0 Å². The maximum absolute atomic E-state index is 10.8. The normalized spacial score (nSPS) is 11.7. The van der Waals surface area contributed by atoms with Crippen LogP contribution >= 0.6 is 0 Å². The van der Waals surface area contributed by atoms with Crippen molar-refractivity contribution in [3.8, 4) is 0 Å². The highest BCUT2D eigenvalue weighted by Gasteiger charge is 2.17. The Balaban J connectivity index is 2.67. The minimum atomic E-state index is -1.10. The maximum atomic E-state index is 10.8. The van der Waals surface area contributed by atoms with E-state index in [4.69, 9.17) is 13.0 Å². The number of carbonyl (C=O) groups excluding carboxylic acids is 1. The summed E-state index contributed by atoms with van der Waals surface area (Å²) in [4.78, 5) is 21.3. The Hall–Kier alpha value is -1.78. The van der Waals surface area contributed by atoms with Gasteiger partial charge in [0.15, 0.2) is 5.81 Å². The number of carbonyl (C=O) groups is 2. The van der Waals surface area contributed by atoms with Crippen LogP contribution in [0, 0.1) is 0 Å². The number of carboxylic acids is 1. The highest BCUT2D eigenvalue weighted by atomic mass is 16.4. The van der Waals surface area contributed by atoms with Gasteiger partial charge in [0.2, 0.25) is 7.85 Å². The topological polar surface area (TPSA) is 66.4 Å². The van der Waals surface area contributed by atoms with Gasteiger partial charge in [-0.1, -0.05) is 30.3 Å². The number of benzene rings is 1. The van der Waals surface area contributed by atoms with Gasteiger partial charge in [0, 0.05) is 6.42 Å². The molecule has 1 atom stereocenters. The SMILES string of the molecule is [B]C(=O)NC(Cc1ccccc1)C(=O)O. The second-order valence-corrected chi connectivity index (χ2v) is 3.09. The van der Waals surface area contributed by atoms with Crippen molar-refractivity contribution in [1.82, 2.24) is 5.32 Å². The first-order valence-electron chi connectivity index (χ1n) is 4.42. The molecule has 0 aliphatic carbocycles. The molecule has 1 amide bonds. The van der Waals surface area contributed by atoms with Gasteiger partial charge < -0.3 is 10.4 Å². The lowest BCUT2D eigenvalue weighted by atomic mass is 10.0. The summed E-state index contributed by atoms with van der Waals surface area (Å²) in [7, 11) is 4.87. The summed E-state index contributed by atoms with van der Waals surface area (Å²) in [5.41, 5.74) is 0.832. The fourth-order valence-corrected chi connectivity index (χ4v) is 1.22. The number of rotatable bonds is 4. The predicted octanol–water partition coefficient (Wildman–Crippen LogP) is 0.560. The summed E-state index contributed by atoms with van der Waals surface area (Å²) in [5.74, 6) is -1.93. The molecule has 0 saturated carbocycles. The Labute approximate surface area is 88.7 Å². The van der Waals surface area contributed by atoms with E-state index >= 15 is 0 Å².